The largest absolute Gasteiger partial charge is 0.277 e. The number of nitrogens with one attached hydrogen (secondary N) is 1. The topological polar surface area (TPSA) is 46.2 Å². The Morgan fingerprint density at radius 1 is 1.15 bits per heavy atom. The summed E-state index contributed by atoms with van der Waals surface area (Å²) in [6, 6.07) is 5.08. The van der Waals surface area contributed by atoms with E-state index in [1.165, 1.54) is 6.07 Å². The van der Waals surface area contributed by atoms with Crippen molar-refractivity contribution in [3.63, 3.8) is 0 Å². The van der Waals surface area contributed by atoms with Gasteiger partial charge in [0.05, 0.1) is 14.5 Å². The van der Waals surface area contributed by atoms with E-state index in [0.29, 0.717) is 23.4 Å². The number of hydrogen-bond donors (Lipinski definition) is 1. The summed E-state index contributed by atoms with van der Waals surface area (Å²) in [5.74, 6) is 0. The fraction of sp³-hybridized carbons (Fsp3) is 0.0909. The second-order valence-corrected chi connectivity index (χ2v) is 10.3. The highest BCUT2D eigenvalue weighted by atomic mass is 79.9. The lowest BCUT2D eigenvalue weighted by atomic mass is 10.2. The number of hydrogen-bond acceptors (Lipinski definition) is 3. The van der Waals surface area contributed by atoms with Gasteiger partial charge in [0.1, 0.15) is 4.21 Å². The highest BCUT2D eigenvalue weighted by Crippen LogP contribution is 2.38. The van der Waals surface area contributed by atoms with E-state index < -0.39 is 10.0 Å². The van der Waals surface area contributed by atoms with E-state index >= 15 is 0 Å². The number of benzene rings is 1. The number of aryl methyl sites for hydroxylation is 1. The van der Waals surface area contributed by atoms with Gasteiger partial charge in [0.15, 0.2) is 0 Å². The smallest absolute Gasteiger partial charge is 0.271 e. The molecule has 0 fully saturated rings. The quantitative estimate of drug-likeness (QED) is 0.552. The third kappa shape index (κ3) is 3.59. The Labute approximate surface area is 151 Å². The molecule has 0 saturated carbocycles. The average Bonchev–Trinajstić information content (AvgIpc) is 2.65. The molecule has 0 bridgehead atoms. The Hall–Kier alpha value is 0.400. The number of anilines is 1. The first kappa shape index (κ1) is 16.8. The molecule has 0 atom stereocenters. The van der Waals surface area contributed by atoms with Crippen LogP contribution in [-0.4, -0.2) is 8.42 Å². The van der Waals surface area contributed by atoms with Crippen molar-refractivity contribution in [3.05, 3.63) is 41.5 Å². The summed E-state index contributed by atoms with van der Waals surface area (Å²) in [7, 11) is -3.68. The molecule has 0 spiro atoms. The molecule has 1 aromatic carbocycles. The van der Waals surface area contributed by atoms with E-state index in [9.17, 15) is 8.42 Å². The van der Waals surface area contributed by atoms with Crippen LogP contribution in [-0.2, 0) is 10.0 Å². The molecule has 20 heavy (non-hydrogen) atoms. The summed E-state index contributed by atoms with van der Waals surface area (Å²) in [4.78, 5) is 0. The standard InChI is InChI=1S/C11H7Br3ClNO2S2/c1-5-2-6(12)10(7(13)3-5)16-20(17,18)9-4-8(15)11(14)19-9/h2-4,16H,1H3. The van der Waals surface area contributed by atoms with Gasteiger partial charge in [-0.2, -0.15) is 0 Å². The Kier molecular flexibility index (Phi) is 5.24. The molecule has 2 aromatic rings. The molecule has 0 radical (unpaired) electrons. The monoisotopic (exact) mass is 521 g/mol. The zero-order chi connectivity index (χ0) is 15.1. The lowest BCUT2D eigenvalue weighted by Crippen LogP contribution is -2.12. The van der Waals surface area contributed by atoms with E-state index in [4.69, 9.17) is 11.6 Å². The molecule has 0 amide bonds. The van der Waals surface area contributed by atoms with Gasteiger partial charge in [-0.25, -0.2) is 8.42 Å². The average molecular weight is 524 g/mol. The number of sulfonamides is 1. The molecule has 2 rings (SSSR count). The zero-order valence-corrected chi connectivity index (χ0v) is 17.0. The van der Waals surface area contributed by atoms with E-state index in [-0.39, 0.29) is 4.21 Å². The number of halogens is 4. The van der Waals surface area contributed by atoms with Crippen molar-refractivity contribution < 1.29 is 8.42 Å². The van der Waals surface area contributed by atoms with Crippen LogP contribution in [0.1, 0.15) is 5.56 Å². The predicted molar refractivity (Wildman–Crippen MR) is 94.4 cm³/mol. The molecule has 1 heterocycles. The minimum absolute atomic E-state index is 0.147. The Morgan fingerprint density at radius 2 is 1.70 bits per heavy atom. The molecule has 9 heteroatoms. The first-order chi connectivity index (χ1) is 9.20. The molecule has 0 saturated heterocycles. The van der Waals surface area contributed by atoms with Gasteiger partial charge in [0.25, 0.3) is 10.0 Å². The second kappa shape index (κ2) is 6.26. The summed E-state index contributed by atoms with van der Waals surface area (Å²) < 4.78 is 29.3. The van der Waals surface area contributed by atoms with Crippen LogP contribution in [0.4, 0.5) is 5.69 Å². The molecule has 0 unspecified atom stereocenters. The second-order valence-electron chi connectivity index (χ2n) is 3.90. The van der Waals surface area contributed by atoms with Crippen molar-refractivity contribution in [2.75, 3.05) is 4.72 Å². The normalized spacial score (nSPS) is 11.7. The lowest BCUT2D eigenvalue weighted by molar-refractivity contribution is 0.603. The van der Waals surface area contributed by atoms with Crippen molar-refractivity contribution in [2.24, 2.45) is 0 Å². The molecule has 0 aliphatic rings. The maximum absolute atomic E-state index is 12.3. The Bertz CT molecular complexity index is 731. The highest BCUT2D eigenvalue weighted by Gasteiger charge is 2.21. The van der Waals surface area contributed by atoms with E-state index in [2.05, 4.69) is 52.5 Å². The van der Waals surface area contributed by atoms with Gasteiger partial charge in [-0.05, 0) is 78.5 Å². The zero-order valence-electron chi connectivity index (χ0n) is 9.88. The maximum Gasteiger partial charge on any atom is 0.271 e. The highest BCUT2D eigenvalue weighted by molar-refractivity contribution is 9.11. The van der Waals surface area contributed by atoms with Crippen molar-refractivity contribution in [3.8, 4) is 0 Å². The number of thiophene rings is 1. The van der Waals surface area contributed by atoms with E-state index in [0.717, 1.165) is 16.9 Å². The Balaban J connectivity index is 2.43. The summed E-state index contributed by atoms with van der Waals surface area (Å²) in [5.41, 5.74) is 1.46. The van der Waals surface area contributed by atoms with E-state index in [1.54, 1.807) is 0 Å². The van der Waals surface area contributed by atoms with Crippen LogP contribution in [0, 0.1) is 6.92 Å². The first-order valence-electron chi connectivity index (χ1n) is 5.14. The minimum atomic E-state index is -3.68. The molecular formula is C11H7Br3ClNO2S2. The summed E-state index contributed by atoms with van der Waals surface area (Å²) in [6.45, 7) is 1.92. The van der Waals surface area contributed by atoms with Gasteiger partial charge < -0.3 is 0 Å². The summed E-state index contributed by atoms with van der Waals surface area (Å²) in [6.07, 6.45) is 0. The van der Waals surface area contributed by atoms with Gasteiger partial charge in [-0.15, -0.1) is 11.3 Å². The van der Waals surface area contributed by atoms with Crippen molar-refractivity contribution in [1.29, 1.82) is 0 Å². The lowest BCUT2D eigenvalue weighted by Gasteiger charge is -2.11. The van der Waals surface area contributed by atoms with Crippen LogP contribution < -0.4 is 4.72 Å². The van der Waals surface area contributed by atoms with Gasteiger partial charge in [0.2, 0.25) is 0 Å². The van der Waals surface area contributed by atoms with Crippen molar-refractivity contribution >= 4 is 86.4 Å². The molecule has 1 N–H and O–H groups in total. The van der Waals surface area contributed by atoms with Gasteiger partial charge in [-0.3, -0.25) is 4.72 Å². The minimum Gasteiger partial charge on any atom is -0.277 e. The number of rotatable bonds is 3. The van der Waals surface area contributed by atoms with Crippen LogP contribution in [0.2, 0.25) is 5.02 Å². The summed E-state index contributed by atoms with van der Waals surface area (Å²) in [5, 5.41) is 0.373. The third-order valence-electron chi connectivity index (χ3n) is 2.31. The molecule has 1 aromatic heterocycles. The molecular weight excluding hydrogens is 517 g/mol. The van der Waals surface area contributed by atoms with Crippen molar-refractivity contribution in [1.82, 2.24) is 0 Å². The predicted octanol–water partition coefficient (Wildman–Crippen LogP) is 5.80. The van der Waals surface area contributed by atoms with Crippen LogP contribution in [0.5, 0.6) is 0 Å². The van der Waals surface area contributed by atoms with Crippen LogP contribution in [0.15, 0.2) is 35.1 Å². The molecule has 108 valence electrons. The molecule has 0 aliphatic carbocycles. The molecule has 3 nitrogen and oxygen atoms in total. The first-order valence-corrected chi connectivity index (χ1v) is 10.2. The SMILES string of the molecule is Cc1cc(Br)c(NS(=O)(=O)c2cc(Cl)c(Br)s2)c(Br)c1. The molecule has 0 aliphatic heterocycles. The van der Waals surface area contributed by atoms with Crippen LogP contribution in [0.25, 0.3) is 0 Å². The van der Waals surface area contributed by atoms with E-state index in [1.807, 2.05) is 19.1 Å². The fourth-order valence-electron chi connectivity index (χ4n) is 1.44. The van der Waals surface area contributed by atoms with Crippen molar-refractivity contribution in [2.45, 2.75) is 11.1 Å². The maximum atomic E-state index is 12.3. The van der Waals surface area contributed by atoms with Gasteiger partial charge in [-0.1, -0.05) is 11.6 Å². The summed E-state index contributed by atoms with van der Waals surface area (Å²) >= 11 is 16.8. The van der Waals surface area contributed by atoms with Crippen LogP contribution in [0.3, 0.4) is 0 Å². The fourth-order valence-corrected chi connectivity index (χ4v) is 6.82. The van der Waals surface area contributed by atoms with Crippen LogP contribution >= 0.6 is 70.7 Å². The Morgan fingerprint density at radius 3 is 2.15 bits per heavy atom. The van der Waals surface area contributed by atoms with Gasteiger partial charge in [0, 0.05) is 8.95 Å². The third-order valence-corrected chi connectivity index (χ3v) is 7.86. The van der Waals surface area contributed by atoms with Gasteiger partial charge >= 0.3 is 0 Å².